The first-order valence-corrected chi connectivity index (χ1v) is 7.54. The van der Waals surface area contributed by atoms with E-state index in [1.54, 1.807) is 11.3 Å². The van der Waals surface area contributed by atoms with Crippen molar-refractivity contribution in [1.82, 2.24) is 9.97 Å². The number of nitrogens with zero attached hydrogens (tertiary/aromatic N) is 3. The molecule has 2 rings (SSSR count). The van der Waals surface area contributed by atoms with E-state index < -0.39 is 0 Å². The highest BCUT2D eigenvalue weighted by molar-refractivity contribution is 7.10. The van der Waals surface area contributed by atoms with Gasteiger partial charge in [0.05, 0.1) is 6.04 Å². The number of thiophene rings is 1. The summed E-state index contributed by atoms with van der Waals surface area (Å²) < 4.78 is 0. The Hall–Kier alpha value is -1.13. The van der Waals surface area contributed by atoms with Gasteiger partial charge in [-0.2, -0.15) is 0 Å². The molecule has 102 valence electrons. The minimum absolute atomic E-state index is 0.267. The first kappa shape index (κ1) is 14.3. The maximum absolute atomic E-state index is 6.22. The first-order valence-electron chi connectivity index (χ1n) is 6.29. The van der Waals surface area contributed by atoms with Crippen LogP contribution in [0, 0.1) is 0 Å². The molecule has 0 amide bonds. The molecule has 2 aromatic rings. The highest BCUT2D eigenvalue weighted by Crippen LogP contribution is 2.34. The van der Waals surface area contributed by atoms with Gasteiger partial charge in [0, 0.05) is 17.5 Å². The Kier molecular flexibility index (Phi) is 4.42. The zero-order chi connectivity index (χ0) is 14.0. The normalized spacial score (nSPS) is 12.7. The Balaban J connectivity index is 2.39. The third-order valence-corrected chi connectivity index (χ3v) is 4.61. The van der Waals surface area contributed by atoms with Crippen LogP contribution in [0.1, 0.15) is 43.2 Å². The van der Waals surface area contributed by atoms with E-state index in [1.807, 2.05) is 0 Å². The minimum Gasteiger partial charge on any atom is -0.352 e. The molecule has 0 aliphatic heterocycles. The van der Waals surface area contributed by atoms with Gasteiger partial charge in [0.1, 0.15) is 17.3 Å². The van der Waals surface area contributed by atoms with Gasteiger partial charge in [0.15, 0.2) is 0 Å². The van der Waals surface area contributed by atoms with E-state index in [1.165, 1.54) is 11.2 Å². The molecule has 2 heterocycles. The number of halogens is 1. The van der Waals surface area contributed by atoms with Crippen LogP contribution in [-0.2, 0) is 0 Å². The van der Waals surface area contributed by atoms with Crippen molar-refractivity contribution in [2.75, 3.05) is 11.9 Å². The van der Waals surface area contributed by atoms with E-state index in [2.05, 4.69) is 60.2 Å². The molecule has 19 heavy (non-hydrogen) atoms. The molecule has 0 bridgehead atoms. The lowest BCUT2D eigenvalue weighted by molar-refractivity contribution is 0.722. The highest BCUT2D eigenvalue weighted by atomic mass is 35.5. The van der Waals surface area contributed by atoms with Crippen LogP contribution >= 0.6 is 22.9 Å². The number of hydrogen-bond donors (Lipinski definition) is 0. The van der Waals surface area contributed by atoms with Gasteiger partial charge in [0.25, 0.3) is 0 Å². The molecular weight excluding hydrogens is 278 g/mol. The lowest BCUT2D eigenvalue weighted by Gasteiger charge is -2.28. The number of rotatable bonds is 4. The molecule has 0 aromatic carbocycles. The van der Waals surface area contributed by atoms with Gasteiger partial charge in [-0.3, -0.25) is 0 Å². The van der Waals surface area contributed by atoms with Crippen LogP contribution in [-0.4, -0.2) is 17.0 Å². The van der Waals surface area contributed by atoms with Gasteiger partial charge in [-0.25, -0.2) is 9.97 Å². The van der Waals surface area contributed by atoms with E-state index in [4.69, 9.17) is 11.6 Å². The van der Waals surface area contributed by atoms with E-state index in [0.717, 1.165) is 11.4 Å². The Morgan fingerprint density at radius 1 is 1.26 bits per heavy atom. The Bertz CT molecular complexity index is 540. The summed E-state index contributed by atoms with van der Waals surface area (Å²) in [6, 6.07) is 4.48. The van der Waals surface area contributed by atoms with Gasteiger partial charge in [-0.1, -0.05) is 31.5 Å². The number of aromatic nitrogens is 2. The lowest BCUT2D eigenvalue weighted by Crippen LogP contribution is -2.24. The molecule has 0 saturated heterocycles. The second kappa shape index (κ2) is 5.88. The SMILES string of the molecule is CC(C)c1c(Cl)ncnc1N(C)C(C)c1cccs1. The zero-order valence-electron chi connectivity index (χ0n) is 11.6. The summed E-state index contributed by atoms with van der Waals surface area (Å²) >= 11 is 7.98. The molecular formula is C14H18ClN3S. The van der Waals surface area contributed by atoms with Crippen molar-refractivity contribution >= 4 is 28.8 Å². The van der Waals surface area contributed by atoms with Crippen LogP contribution in [0.2, 0.25) is 5.15 Å². The van der Waals surface area contributed by atoms with E-state index in [0.29, 0.717) is 11.1 Å². The first-order chi connectivity index (χ1) is 9.02. The molecule has 0 radical (unpaired) electrons. The molecule has 0 saturated carbocycles. The molecule has 0 fully saturated rings. The van der Waals surface area contributed by atoms with Crippen LogP contribution in [0.15, 0.2) is 23.8 Å². The van der Waals surface area contributed by atoms with Crippen LogP contribution in [0.5, 0.6) is 0 Å². The molecule has 0 N–H and O–H groups in total. The second-order valence-electron chi connectivity index (χ2n) is 4.86. The second-order valence-corrected chi connectivity index (χ2v) is 6.20. The molecule has 0 spiro atoms. The maximum Gasteiger partial charge on any atom is 0.138 e. The van der Waals surface area contributed by atoms with E-state index >= 15 is 0 Å². The zero-order valence-corrected chi connectivity index (χ0v) is 13.2. The van der Waals surface area contributed by atoms with E-state index in [-0.39, 0.29) is 6.04 Å². The van der Waals surface area contributed by atoms with Gasteiger partial charge in [-0.05, 0) is 24.3 Å². The highest BCUT2D eigenvalue weighted by Gasteiger charge is 2.21. The summed E-state index contributed by atoms with van der Waals surface area (Å²) in [6.45, 7) is 6.39. The fraction of sp³-hybridized carbons (Fsp3) is 0.429. The van der Waals surface area contributed by atoms with Crippen molar-refractivity contribution in [3.05, 3.63) is 39.4 Å². The predicted molar refractivity (Wildman–Crippen MR) is 82.3 cm³/mol. The monoisotopic (exact) mass is 295 g/mol. The summed E-state index contributed by atoms with van der Waals surface area (Å²) in [6.07, 6.45) is 1.53. The number of hydrogen-bond acceptors (Lipinski definition) is 4. The van der Waals surface area contributed by atoms with Crippen molar-refractivity contribution in [1.29, 1.82) is 0 Å². The Labute approximate surface area is 123 Å². The van der Waals surface area contributed by atoms with Gasteiger partial charge < -0.3 is 4.90 Å². The standard InChI is InChI=1S/C14H18ClN3S/c1-9(2)12-13(15)16-8-17-14(12)18(4)10(3)11-6-5-7-19-11/h5-10H,1-4H3. The summed E-state index contributed by atoms with van der Waals surface area (Å²) in [5, 5.41) is 2.64. The fourth-order valence-electron chi connectivity index (χ4n) is 2.05. The molecule has 1 unspecified atom stereocenters. The van der Waals surface area contributed by atoms with Crippen molar-refractivity contribution in [2.45, 2.75) is 32.7 Å². The summed E-state index contributed by atoms with van der Waals surface area (Å²) in [5.41, 5.74) is 1.01. The summed E-state index contributed by atoms with van der Waals surface area (Å²) in [5.74, 6) is 1.21. The number of anilines is 1. The molecule has 0 aliphatic carbocycles. The average Bonchev–Trinajstić information content (AvgIpc) is 2.90. The summed E-state index contributed by atoms with van der Waals surface area (Å²) in [4.78, 5) is 12.0. The van der Waals surface area contributed by atoms with Crippen molar-refractivity contribution in [3.63, 3.8) is 0 Å². The average molecular weight is 296 g/mol. The van der Waals surface area contributed by atoms with Crippen LogP contribution in [0.3, 0.4) is 0 Å². The molecule has 5 heteroatoms. The van der Waals surface area contributed by atoms with Gasteiger partial charge in [-0.15, -0.1) is 11.3 Å². The largest absolute Gasteiger partial charge is 0.352 e. The van der Waals surface area contributed by atoms with E-state index in [9.17, 15) is 0 Å². The van der Waals surface area contributed by atoms with Crippen LogP contribution in [0.25, 0.3) is 0 Å². The van der Waals surface area contributed by atoms with Gasteiger partial charge >= 0.3 is 0 Å². The van der Waals surface area contributed by atoms with Crippen LogP contribution in [0.4, 0.5) is 5.82 Å². The van der Waals surface area contributed by atoms with Crippen molar-refractivity contribution in [3.8, 4) is 0 Å². The molecule has 2 aromatic heterocycles. The topological polar surface area (TPSA) is 29.0 Å². The lowest BCUT2D eigenvalue weighted by atomic mass is 10.1. The fourth-order valence-corrected chi connectivity index (χ4v) is 3.22. The van der Waals surface area contributed by atoms with Crippen molar-refractivity contribution < 1.29 is 0 Å². The van der Waals surface area contributed by atoms with Crippen molar-refractivity contribution in [2.24, 2.45) is 0 Å². The third-order valence-electron chi connectivity index (χ3n) is 3.26. The maximum atomic E-state index is 6.22. The summed E-state index contributed by atoms with van der Waals surface area (Å²) in [7, 11) is 2.05. The predicted octanol–water partition coefficient (Wildman–Crippen LogP) is 4.51. The third kappa shape index (κ3) is 2.90. The minimum atomic E-state index is 0.267. The van der Waals surface area contributed by atoms with Crippen LogP contribution < -0.4 is 4.90 Å². The molecule has 0 aliphatic rings. The Morgan fingerprint density at radius 2 is 2.00 bits per heavy atom. The Morgan fingerprint density at radius 3 is 2.58 bits per heavy atom. The molecule has 1 atom stereocenters. The molecule has 3 nitrogen and oxygen atoms in total. The quantitative estimate of drug-likeness (QED) is 0.777. The van der Waals surface area contributed by atoms with Gasteiger partial charge in [0.2, 0.25) is 0 Å². The smallest absolute Gasteiger partial charge is 0.138 e.